The van der Waals surface area contributed by atoms with Crippen LogP contribution in [0.15, 0.2) is 12.1 Å². The van der Waals surface area contributed by atoms with Gasteiger partial charge in [0.25, 0.3) is 5.91 Å². The van der Waals surface area contributed by atoms with E-state index in [1.165, 1.54) is 0 Å². The van der Waals surface area contributed by atoms with Gasteiger partial charge in [-0.2, -0.15) is 0 Å². The number of carbonyl (C=O) groups excluding carboxylic acids is 1. The van der Waals surface area contributed by atoms with E-state index in [4.69, 9.17) is 0 Å². The summed E-state index contributed by atoms with van der Waals surface area (Å²) in [6.07, 6.45) is 2.27. The van der Waals surface area contributed by atoms with Crippen LogP contribution in [-0.4, -0.2) is 60.4 Å². The van der Waals surface area contributed by atoms with Gasteiger partial charge in [0, 0.05) is 39.3 Å². The average molecular weight is 313 g/mol. The monoisotopic (exact) mass is 312 g/mol. The molecule has 2 fully saturated rings. The summed E-state index contributed by atoms with van der Waals surface area (Å²) in [6.45, 7) is 5.59. The van der Waals surface area contributed by atoms with Gasteiger partial charge in [-0.1, -0.05) is 0 Å². The number of rotatable bonds is 3. The van der Waals surface area contributed by atoms with E-state index in [0.717, 1.165) is 57.9 Å². The second-order valence-electron chi connectivity index (χ2n) is 5.15. The number of hydrogen-bond acceptors (Lipinski definition) is 6. The van der Waals surface area contributed by atoms with E-state index in [-0.39, 0.29) is 18.3 Å². The van der Waals surface area contributed by atoms with Crippen LogP contribution in [0.5, 0.6) is 0 Å². The van der Waals surface area contributed by atoms with Gasteiger partial charge in [-0.15, -0.1) is 22.6 Å². The van der Waals surface area contributed by atoms with Crippen LogP contribution >= 0.6 is 12.4 Å². The van der Waals surface area contributed by atoms with Crippen LogP contribution in [0, 0.1) is 0 Å². The van der Waals surface area contributed by atoms with E-state index >= 15 is 0 Å². The molecule has 2 saturated heterocycles. The summed E-state index contributed by atoms with van der Waals surface area (Å²) in [5.41, 5.74) is 3.23. The average Bonchev–Trinajstić information content (AvgIpc) is 3.01. The van der Waals surface area contributed by atoms with Crippen molar-refractivity contribution < 1.29 is 4.79 Å². The van der Waals surface area contributed by atoms with Crippen molar-refractivity contribution in [3.63, 3.8) is 0 Å². The highest BCUT2D eigenvalue weighted by Crippen LogP contribution is 2.10. The SMILES string of the molecule is Cl.O=C(NN1CCCC1)c1ccc(N2CCNCC2)nn1. The number of halogens is 1. The predicted molar refractivity (Wildman–Crippen MR) is 82.6 cm³/mol. The van der Waals surface area contributed by atoms with Gasteiger partial charge >= 0.3 is 0 Å². The van der Waals surface area contributed by atoms with Crippen LogP contribution in [0.1, 0.15) is 23.3 Å². The molecule has 0 bridgehead atoms. The highest BCUT2D eigenvalue weighted by molar-refractivity contribution is 5.91. The van der Waals surface area contributed by atoms with E-state index in [2.05, 4.69) is 25.8 Å². The van der Waals surface area contributed by atoms with Crippen molar-refractivity contribution in [2.24, 2.45) is 0 Å². The molecule has 0 unspecified atom stereocenters. The molecule has 116 valence electrons. The Morgan fingerprint density at radius 1 is 1.10 bits per heavy atom. The lowest BCUT2D eigenvalue weighted by molar-refractivity contribution is 0.0819. The lowest BCUT2D eigenvalue weighted by Gasteiger charge is -2.27. The molecule has 0 aromatic carbocycles. The normalized spacial score (nSPS) is 19.1. The van der Waals surface area contributed by atoms with Gasteiger partial charge in [0.15, 0.2) is 11.5 Å². The Morgan fingerprint density at radius 3 is 2.43 bits per heavy atom. The van der Waals surface area contributed by atoms with Crippen molar-refractivity contribution in [3.8, 4) is 0 Å². The minimum absolute atomic E-state index is 0. The molecule has 21 heavy (non-hydrogen) atoms. The van der Waals surface area contributed by atoms with E-state index in [0.29, 0.717) is 5.69 Å². The van der Waals surface area contributed by atoms with Crippen molar-refractivity contribution >= 4 is 24.1 Å². The molecule has 7 nitrogen and oxygen atoms in total. The molecule has 0 radical (unpaired) electrons. The fourth-order valence-corrected chi connectivity index (χ4v) is 2.54. The van der Waals surface area contributed by atoms with Crippen LogP contribution < -0.4 is 15.6 Å². The van der Waals surface area contributed by atoms with Crippen LogP contribution in [0.25, 0.3) is 0 Å². The number of hydrogen-bond donors (Lipinski definition) is 2. The Morgan fingerprint density at radius 2 is 1.81 bits per heavy atom. The van der Waals surface area contributed by atoms with E-state index in [1.807, 2.05) is 11.1 Å². The van der Waals surface area contributed by atoms with Crippen LogP contribution in [0.2, 0.25) is 0 Å². The van der Waals surface area contributed by atoms with Crippen molar-refractivity contribution in [2.45, 2.75) is 12.8 Å². The number of nitrogens with zero attached hydrogens (tertiary/aromatic N) is 4. The first-order chi connectivity index (χ1) is 9.83. The van der Waals surface area contributed by atoms with Gasteiger partial charge in [0.2, 0.25) is 0 Å². The lowest BCUT2D eigenvalue weighted by atomic mass is 10.3. The van der Waals surface area contributed by atoms with Gasteiger partial charge in [0.1, 0.15) is 0 Å². The van der Waals surface area contributed by atoms with Crippen LogP contribution in [-0.2, 0) is 0 Å². The van der Waals surface area contributed by atoms with Gasteiger partial charge < -0.3 is 10.2 Å². The minimum atomic E-state index is -0.175. The molecule has 0 aliphatic carbocycles. The number of aromatic nitrogens is 2. The number of anilines is 1. The zero-order chi connectivity index (χ0) is 13.8. The van der Waals surface area contributed by atoms with E-state index in [1.54, 1.807) is 6.07 Å². The number of hydrazine groups is 1. The third-order valence-electron chi connectivity index (χ3n) is 3.69. The maximum atomic E-state index is 12.0. The molecular formula is C13H21ClN6O. The van der Waals surface area contributed by atoms with Crippen molar-refractivity contribution in [1.82, 2.24) is 25.9 Å². The molecule has 0 atom stereocenters. The summed E-state index contributed by atoms with van der Waals surface area (Å²) < 4.78 is 0. The topological polar surface area (TPSA) is 73.4 Å². The first-order valence-electron chi connectivity index (χ1n) is 7.18. The highest BCUT2D eigenvalue weighted by Gasteiger charge is 2.17. The van der Waals surface area contributed by atoms with E-state index < -0.39 is 0 Å². The molecule has 1 amide bonds. The standard InChI is InChI=1S/C13H20N6O.ClH/c20-13(17-19-7-1-2-8-19)11-3-4-12(16-15-11)18-9-5-14-6-10-18;/h3-4,14H,1-2,5-10H2,(H,17,20);1H. The van der Waals surface area contributed by atoms with Crippen molar-refractivity contribution in [2.75, 3.05) is 44.2 Å². The summed E-state index contributed by atoms with van der Waals surface area (Å²) in [4.78, 5) is 14.2. The molecule has 0 saturated carbocycles. The third kappa shape index (κ3) is 4.03. The first-order valence-corrected chi connectivity index (χ1v) is 7.18. The summed E-state index contributed by atoms with van der Waals surface area (Å²) in [5, 5.41) is 13.4. The second-order valence-corrected chi connectivity index (χ2v) is 5.15. The number of amides is 1. The predicted octanol–water partition coefficient (Wildman–Crippen LogP) is 0.0486. The molecule has 3 rings (SSSR count). The number of nitrogens with one attached hydrogen (secondary N) is 2. The van der Waals surface area contributed by atoms with Gasteiger partial charge in [0.05, 0.1) is 0 Å². The molecule has 3 heterocycles. The van der Waals surface area contributed by atoms with Crippen molar-refractivity contribution in [1.29, 1.82) is 0 Å². The summed E-state index contributed by atoms with van der Waals surface area (Å²) in [5.74, 6) is 0.662. The zero-order valence-electron chi connectivity index (χ0n) is 11.9. The van der Waals surface area contributed by atoms with Gasteiger partial charge in [-0.25, -0.2) is 5.01 Å². The van der Waals surface area contributed by atoms with Crippen molar-refractivity contribution in [3.05, 3.63) is 17.8 Å². The summed E-state index contributed by atoms with van der Waals surface area (Å²) >= 11 is 0. The third-order valence-corrected chi connectivity index (χ3v) is 3.69. The molecule has 0 spiro atoms. The smallest absolute Gasteiger partial charge is 0.286 e. The second kappa shape index (κ2) is 7.53. The quantitative estimate of drug-likeness (QED) is 0.821. The summed E-state index contributed by atoms with van der Waals surface area (Å²) in [7, 11) is 0. The minimum Gasteiger partial charge on any atom is -0.353 e. The molecule has 2 aliphatic rings. The van der Waals surface area contributed by atoms with Crippen LogP contribution in [0.3, 0.4) is 0 Å². The number of carbonyl (C=O) groups is 1. The molecule has 2 aliphatic heterocycles. The Balaban J connectivity index is 0.00000161. The molecular weight excluding hydrogens is 292 g/mol. The van der Waals surface area contributed by atoms with Gasteiger partial charge in [-0.3, -0.25) is 10.2 Å². The fraction of sp³-hybridized carbons (Fsp3) is 0.615. The zero-order valence-corrected chi connectivity index (χ0v) is 12.7. The maximum absolute atomic E-state index is 12.0. The molecule has 1 aromatic rings. The first kappa shape index (κ1) is 15.9. The Kier molecular flexibility index (Phi) is 5.72. The Labute approximate surface area is 130 Å². The maximum Gasteiger partial charge on any atom is 0.286 e. The molecule has 8 heteroatoms. The molecule has 1 aromatic heterocycles. The Bertz CT molecular complexity index is 456. The fourth-order valence-electron chi connectivity index (χ4n) is 2.54. The van der Waals surface area contributed by atoms with Crippen LogP contribution in [0.4, 0.5) is 5.82 Å². The Hall–Kier alpha value is -1.44. The summed E-state index contributed by atoms with van der Waals surface area (Å²) in [6, 6.07) is 3.62. The highest BCUT2D eigenvalue weighted by atomic mass is 35.5. The molecule has 2 N–H and O–H groups in total. The lowest BCUT2D eigenvalue weighted by Crippen LogP contribution is -2.44. The largest absolute Gasteiger partial charge is 0.353 e. The van der Waals surface area contributed by atoms with E-state index in [9.17, 15) is 4.79 Å². The van der Waals surface area contributed by atoms with Gasteiger partial charge in [-0.05, 0) is 25.0 Å². The number of piperazine rings is 1.